The molecule has 0 fully saturated rings. The number of carboxylic acid groups (broad SMARTS) is 1. The molecule has 1 aromatic carbocycles. The van der Waals surface area contributed by atoms with E-state index in [1.807, 2.05) is 36.4 Å². The molecule has 2 atom stereocenters. The average Bonchev–Trinajstić information content (AvgIpc) is 2.46. The van der Waals surface area contributed by atoms with E-state index in [0.29, 0.717) is 0 Å². The molecule has 0 radical (unpaired) electrons. The van der Waals surface area contributed by atoms with Crippen molar-refractivity contribution in [3.8, 4) is 0 Å². The summed E-state index contributed by atoms with van der Waals surface area (Å²) in [6.45, 7) is 0. The lowest BCUT2D eigenvalue weighted by Gasteiger charge is -2.36. The molecule has 1 aliphatic rings. The topological polar surface area (TPSA) is 55.8 Å². The van der Waals surface area contributed by atoms with Gasteiger partial charge in [0.15, 0.2) is 0 Å². The molecule has 1 aromatic rings. The van der Waals surface area contributed by atoms with Crippen molar-refractivity contribution in [1.82, 2.24) is 0 Å². The number of methoxy groups -OCH3 is 2. The molecular weight excluding hydrogens is 244 g/mol. The number of aliphatic carboxylic acids is 1. The molecule has 0 amide bonds. The lowest BCUT2D eigenvalue weighted by Crippen LogP contribution is -2.51. The highest BCUT2D eigenvalue weighted by atomic mass is 16.6. The van der Waals surface area contributed by atoms with Crippen molar-refractivity contribution in [2.24, 2.45) is 0 Å². The van der Waals surface area contributed by atoms with Crippen molar-refractivity contribution in [2.45, 2.75) is 11.7 Å². The third kappa shape index (κ3) is 2.20. The molecule has 0 spiro atoms. The van der Waals surface area contributed by atoms with Crippen LogP contribution in [0.5, 0.6) is 0 Å². The van der Waals surface area contributed by atoms with E-state index in [4.69, 9.17) is 9.47 Å². The minimum atomic E-state index is -1.49. The highest BCUT2D eigenvalue weighted by Gasteiger charge is 2.48. The summed E-state index contributed by atoms with van der Waals surface area (Å²) in [7, 11) is 2.86. The van der Waals surface area contributed by atoms with Gasteiger partial charge in [0.2, 0.25) is 5.60 Å². The van der Waals surface area contributed by atoms with E-state index in [-0.39, 0.29) is 0 Å². The first-order valence-electron chi connectivity index (χ1n) is 5.92. The first kappa shape index (κ1) is 13.5. The molecule has 0 heterocycles. The van der Waals surface area contributed by atoms with Crippen LogP contribution in [0.15, 0.2) is 48.6 Å². The summed E-state index contributed by atoms with van der Waals surface area (Å²) in [6.07, 6.45) is 4.36. The van der Waals surface area contributed by atoms with Gasteiger partial charge in [-0.2, -0.15) is 0 Å². The molecule has 4 heteroatoms. The fourth-order valence-corrected chi connectivity index (χ4v) is 2.33. The Morgan fingerprint density at radius 1 is 1.26 bits per heavy atom. The molecule has 0 aromatic heterocycles. The monoisotopic (exact) mass is 260 g/mol. The second kappa shape index (κ2) is 5.38. The van der Waals surface area contributed by atoms with Crippen LogP contribution in [0.2, 0.25) is 0 Å². The molecule has 1 N–H and O–H groups in total. The number of rotatable bonds is 4. The number of hydrogen-bond donors (Lipinski definition) is 1. The summed E-state index contributed by atoms with van der Waals surface area (Å²) < 4.78 is 10.6. The van der Waals surface area contributed by atoms with Gasteiger partial charge in [-0.3, -0.25) is 0 Å². The first-order chi connectivity index (χ1) is 9.15. The average molecular weight is 260 g/mol. The molecule has 100 valence electrons. The smallest absolute Gasteiger partial charge is 0.343 e. The lowest BCUT2D eigenvalue weighted by molar-refractivity contribution is -0.166. The molecule has 0 saturated heterocycles. The Morgan fingerprint density at radius 2 is 1.95 bits per heavy atom. The van der Waals surface area contributed by atoms with Crippen LogP contribution in [-0.2, 0) is 14.3 Å². The van der Waals surface area contributed by atoms with Gasteiger partial charge in [0.1, 0.15) is 6.10 Å². The summed E-state index contributed by atoms with van der Waals surface area (Å²) in [5, 5.41) is 9.47. The van der Waals surface area contributed by atoms with E-state index < -0.39 is 17.7 Å². The highest BCUT2D eigenvalue weighted by molar-refractivity contribution is 5.88. The number of carboxylic acids is 1. The van der Waals surface area contributed by atoms with E-state index in [1.54, 1.807) is 6.08 Å². The fourth-order valence-electron chi connectivity index (χ4n) is 2.33. The Labute approximate surface area is 112 Å². The number of allylic oxidation sites excluding steroid dienone is 2. The van der Waals surface area contributed by atoms with Crippen LogP contribution >= 0.6 is 0 Å². The maximum Gasteiger partial charge on any atom is 0.343 e. The molecule has 4 nitrogen and oxygen atoms in total. The van der Waals surface area contributed by atoms with E-state index in [1.165, 1.54) is 20.3 Å². The Bertz CT molecular complexity index is 518. The number of carbonyl (C=O) groups is 1. The number of benzene rings is 1. The van der Waals surface area contributed by atoms with Crippen LogP contribution in [0.25, 0.3) is 5.57 Å². The Hall–Kier alpha value is -1.91. The van der Waals surface area contributed by atoms with Gasteiger partial charge >= 0.3 is 5.97 Å². The van der Waals surface area contributed by atoms with E-state index in [2.05, 4.69) is 0 Å². The molecule has 2 unspecified atom stereocenters. The van der Waals surface area contributed by atoms with Crippen molar-refractivity contribution in [1.29, 1.82) is 0 Å². The van der Waals surface area contributed by atoms with Gasteiger partial charge in [-0.1, -0.05) is 42.5 Å². The standard InChI is InChI=1S/C15H16O4/c1-18-13-12(11-7-4-3-5-8-11)9-6-10-15(13,19-2)14(16)17/h3-10,13H,1-2H3,(H,16,17). The molecule has 0 bridgehead atoms. The van der Waals surface area contributed by atoms with Crippen LogP contribution in [0.3, 0.4) is 0 Å². The van der Waals surface area contributed by atoms with Crippen molar-refractivity contribution in [2.75, 3.05) is 14.2 Å². The third-order valence-electron chi connectivity index (χ3n) is 3.31. The maximum absolute atomic E-state index is 11.6. The Morgan fingerprint density at radius 3 is 2.47 bits per heavy atom. The Kier molecular flexibility index (Phi) is 3.83. The SMILES string of the molecule is COC1C(c2ccccc2)=CC=CC1(OC)C(=O)O. The van der Waals surface area contributed by atoms with Gasteiger partial charge in [0.05, 0.1) is 0 Å². The van der Waals surface area contributed by atoms with Crippen LogP contribution in [0.4, 0.5) is 0 Å². The normalized spacial score (nSPS) is 26.0. The first-order valence-corrected chi connectivity index (χ1v) is 5.92. The van der Waals surface area contributed by atoms with Crippen LogP contribution in [0, 0.1) is 0 Å². The second-order valence-electron chi connectivity index (χ2n) is 4.27. The van der Waals surface area contributed by atoms with Crippen LogP contribution in [0.1, 0.15) is 5.56 Å². The van der Waals surface area contributed by atoms with Gasteiger partial charge in [-0.05, 0) is 17.2 Å². The van der Waals surface area contributed by atoms with E-state index in [9.17, 15) is 9.90 Å². The summed E-state index contributed by atoms with van der Waals surface area (Å²) >= 11 is 0. The van der Waals surface area contributed by atoms with Crippen molar-refractivity contribution in [3.05, 3.63) is 54.1 Å². The molecule has 0 aliphatic heterocycles. The van der Waals surface area contributed by atoms with Crippen molar-refractivity contribution < 1.29 is 19.4 Å². The zero-order valence-electron chi connectivity index (χ0n) is 10.9. The van der Waals surface area contributed by atoms with Gasteiger partial charge in [-0.15, -0.1) is 0 Å². The quantitative estimate of drug-likeness (QED) is 0.901. The molecule has 1 aliphatic carbocycles. The van der Waals surface area contributed by atoms with Gasteiger partial charge in [-0.25, -0.2) is 4.79 Å². The van der Waals surface area contributed by atoms with Crippen molar-refractivity contribution in [3.63, 3.8) is 0 Å². The lowest BCUT2D eigenvalue weighted by atomic mass is 9.83. The highest BCUT2D eigenvalue weighted by Crippen LogP contribution is 2.35. The van der Waals surface area contributed by atoms with Crippen molar-refractivity contribution >= 4 is 11.5 Å². The van der Waals surface area contributed by atoms with Gasteiger partial charge in [0.25, 0.3) is 0 Å². The molecule has 0 saturated carbocycles. The molecule has 19 heavy (non-hydrogen) atoms. The zero-order chi connectivity index (χ0) is 13.9. The summed E-state index contributed by atoms with van der Waals surface area (Å²) in [4.78, 5) is 11.6. The van der Waals surface area contributed by atoms with Gasteiger partial charge < -0.3 is 14.6 Å². The van der Waals surface area contributed by atoms with E-state index >= 15 is 0 Å². The number of ether oxygens (including phenoxy) is 2. The minimum Gasteiger partial charge on any atom is -0.479 e. The predicted octanol–water partition coefficient (Wildman–Crippen LogP) is 2.12. The third-order valence-corrected chi connectivity index (χ3v) is 3.31. The summed E-state index contributed by atoms with van der Waals surface area (Å²) in [5.41, 5.74) is 0.213. The minimum absolute atomic E-state index is 0.692. The second-order valence-corrected chi connectivity index (χ2v) is 4.27. The number of hydrogen-bond acceptors (Lipinski definition) is 3. The van der Waals surface area contributed by atoms with E-state index in [0.717, 1.165) is 11.1 Å². The fraction of sp³-hybridized carbons (Fsp3) is 0.267. The maximum atomic E-state index is 11.6. The molecule has 2 rings (SSSR count). The van der Waals surface area contributed by atoms with Gasteiger partial charge in [0, 0.05) is 14.2 Å². The van der Waals surface area contributed by atoms with Crippen LogP contribution < -0.4 is 0 Å². The summed E-state index contributed by atoms with van der Waals surface area (Å²) in [6, 6.07) is 9.54. The summed E-state index contributed by atoms with van der Waals surface area (Å²) in [5.74, 6) is -1.07. The van der Waals surface area contributed by atoms with Crippen LogP contribution in [-0.4, -0.2) is 37.0 Å². The Balaban J connectivity index is 2.49. The predicted molar refractivity (Wildman–Crippen MR) is 71.7 cm³/mol. The largest absolute Gasteiger partial charge is 0.479 e. The zero-order valence-corrected chi connectivity index (χ0v) is 10.9. The molecular formula is C15H16O4.